The van der Waals surface area contributed by atoms with E-state index < -0.39 is 5.54 Å². The van der Waals surface area contributed by atoms with E-state index in [0.29, 0.717) is 6.54 Å². The summed E-state index contributed by atoms with van der Waals surface area (Å²) in [5, 5.41) is 2.91. The molecule has 1 aromatic rings. The van der Waals surface area contributed by atoms with Crippen molar-refractivity contribution in [3.63, 3.8) is 0 Å². The third-order valence-corrected chi connectivity index (χ3v) is 5.43. The van der Waals surface area contributed by atoms with E-state index in [2.05, 4.69) is 5.32 Å². The van der Waals surface area contributed by atoms with Gasteiger partial charge in [0, 0.05) is 24.5 Å². The van der Waals surface area contributed by atoms with Gasteiger partial charge >= 0.3 is 0 Å². The zero-order valence-corrected chi connectivity index (χ0v) is 13.1. The van der Waals surface area contributed by atoms with E-state index in [4.69, 9.17) is 10.5 Å². The summed E-state index contributed by atoms with van der Waals surface area (Å²) in [5.74, 6) is -0.356. The summed E-state index contributed by atoms with van der Waals surface area (Å²) in [6.07, 6.45) is 1.93. The molecule has 1 aliphatic carbocycles. The molecule has 120 valence electrons. The van der Waals surface area contributed by atoms with Crippen LogP contribution in [0.1, 0.15) is 32.3 Å². The number of benzene rings is 1. The van der Waals surface area contributed by atoms with E-state index in [1.54, 1.807) is 12.1 Å². The first kappa shape index (κ1) is 15.4. The van der Waals surface area contributed by atoms with Crippen molar-refractivity contribution in [2.24, 2.45) is 17.1 Å². The lowest BCUT2D eigenvalue weighted by Gasteiger charge is -2.65. The Bertz CT molecular complexity index is 573. The fourth-order valence-electron chi connectivity index (χ4n) is 3.97. The largest absolute Gasteiger partial charge is 0.377 e. The van der Waals surface area contributed by atoms with Crippen molar-refractivity contribution in [2.75, 3.05) is 6.61 Å². The minimum absolute atomic E-state index is 0.0582. The lowest BCUT2D eigenvalue weighted by Crippen LogP contribution is -2.82. The van der Waals surface area contributed by atoms with Crippen LogP contribution in [-0.2, 0) is 16.1 Å². The van der Waals surface area contributed by atoms with E-state index in [1.807, 2.05) is 13.8 Å². The lowest BCUT2D eigenvalue weighted by molar-refractivity contribution is -0.225. The van der Waals surface area contributed by atoms with Crippen LogP contribution in [0.4, 0.5) is 4.39 Å². The monoisotopic (exact) mass is 306 g/mol. The molecule has 3 rings (SSSR count). The molecule has 1 saturated heterocycles. The molecule has 3 N–H and O–H groups in total. The van der Waals surface area contributed by atoms with Gasteiger partial charge in [0.15, 0.2) is 0 Å². The van der Waals surface area contributed by atoms with E-state index in [0.717, 1.165) is 25.0 Å². The van der Waals surface area contributed by atoms with Gasteiger partial charge in [-0.15, -0.1) is 0 Å². The Morgan fingerprint density at radius 2 is 2.09 bits per heavy atom. The van der Waals surface area contributed by atoms with Crippen LogP contribution in [-0.4, -0.2) is 24.2 Å². The maximum absolute atomic E-state index is 12.9. The molecule has 22 heavy (non-hydrogen) atoms. The maximum Gasteiger partial charge on any atom is 0.241 e. The first-order valence-corrected chi connectivity index (χ1v) is 7.80. The average Bonchev–Trinajstić information content (AvgIpc) is 2.53. The van der Waals surface area contributed by atoms with Gasteiger partial charge in [-0.3, -0.25) is 4.79 Å². The number of nitrogens with one attached hydrogen (secondary N) is 1. The predicted octanol–water partition coefficient (Wildman–Crippen LogP) is 1.97. The number of carbonyl (C=O) groups is 1. The number of carbonyl (C=O) groups excluding carboxylic acids is 1. The van der Waals surface area contributed by atoms with Crippen LogP contribution in [0, 0.1) is 17.2 Å². The van der Waals surface area contributed by atoms with Gasteiger partial charge in [-0.2, -0.15) is 0 Å². The van der Waals surface area contributed by atoms with E-state index in [9.17, 15) is 9.18 Å². The Hall–Kier alpha value is -1.46. The Labute approximate surface area is 130 Å². The highest BCUT2D eigenvalue weighted by atomic mass is 19.1. The first-order valence-electron chi connectivity index (χ1n) is 7.80. The normalized spacial score (nSPS) is 32.7. The minimum atomic E-state index is -0.905. The van der Waals surface area contributed by atoms with Crippen LogP contribution in [0.15, 0.2) is 24.3 Å². The summed E-state index contributed by atoms with van der Waals surface area (Å²) in [7, 11) is 0. The molecule has 1 heterocycles. The second-order valence-electron chi connectivity index (χ2n) is 6.94. The van der Waals surface area contributed by atoms with Crippen molar-refractivity contribution in [1.82, 2.24) is 5.32 Å². The van der Waals surface area contributed by atoms with Gasteiger partial charge in [-0.25, -0.2) is 4.39 Å². The highest BCUT2D eigenvalue weighted by molar-refractivity contribution is 5.89. The van der Waals surface area contributed by atoms with Gasteiger partial charge in [0.2, 0.25) is 5.91 Å². The number of fused-ring (bicyclic) bond motifs is 1. The Morgan fingerprint density at radius 1 is 1.41 bits per heavy atom. The smallest absolute Gasteiger partial charge is 0.241 e. The van der Waals surface area contributed by atoms with Gasteiger partial charge in [0.1, 0.15) is 11.4 Å². The number of halogens is 1. The van der Waals surface area contributed by atoms with Gasteiger partial charge in [-0.05, 0) is 30.5 Å². The maximum atomic E-state index is 12.9. The lowest BCUT2D eigenvalue weighted by atomic mass is 9.46. The number of nitrogens with two attached hydrogens (primary N) is 1. The van der Waals surface area contributed by atoms with Crippen molar-refractivity contribution in [3.8, 4) is 0 Å². The zero-order chi connectivity index (χ0) is 16.0. The van der Waals surface area contributed by atoms with Crippen LogP contribution in [0.5, 0.6) is 0 Å². The van der Waals surface area contributed by atoms with Crippen LogP contribution >= 0.6 is 0 Å². The highest BCUT2D eigenvalue weighted by Gasteiger charge is 2.70. The molecule has 3 unspecified atom stereocenters. The van der Waals surface area contributed by atoms with Crippen molar-refractivity contribution >= 4 is 5.91 Å². The molecule has 3 atom stereocenters. The molecule has 1 aliphatic heterocycles. The molecule has 5 heteroatoms. The number of hydrogen-bond donors (Lipinski definition) is 2. The summed E-state index contributed by atoms with van der Waals surface area (Å²) in [6, 6.07) is 6.10. The van der Waals surface area contributed by atoms with E-state index >= 15 is 0 Å². The standard InChI is InChI=1S/C17H23FN2O2/c1-16(2)14-13(4-3-9-22-14)17(16,19)15(21)20-10-11-5-7-12(18)8-6-11/h5-8,13-14H,3-4,9-10,19H2,1-2H3,(H,20,21). The summed E-state index contributed by atoms with van der Waals surface area (Å²) >= 11 is 0. The Balaban J connectivity index is 1.69. The molecule has 0 bridgehead atoms. The summed E-state index contributed by atoms with van der Waals surface area (Å²) in [4.78, 5) is 12.7. The Kier molecular flexibility index (Phi) is 3.73. The van der Waals surface area contributed by atoms with Crippen molar-refractivity contribution in [1.29, 1.82) is 0 Å². The van der Waals surface area contributed by atoms with Crippen LogP contribution < -0.4 is 11.1 Å². The predicted molar refractivity (Wildman–Crippen MR) is 81.4 cm³/mol. The third kappa shape index (κ3) is 2.15. The van der Waals surface area contributed by atoms with Crippen LogP contribution in [0.2, 0.25) is 0 Å². The molecule has 0 aromatic heterocycles. The summed E-state index contributed by atoms with van der Waals surface area (Å²) in [6.45, 7) is 5.10. The molecule has 0 spiro atoms. The Morgan fingerprint density at radius 3 is 2.77 bits per heavy atom. The average molecular weight is 306 g/mol. The molecular formula is C17H23FN2O2. The molecule has 1 aromatic carbocycles. The van der Waals surface area contributed by atoms with Gasteiger partial charge < -0.3 is 15.8 Å². The summed E-state index contributed by atoms with van der Waals surface area (Å²) < 4.78 is 18.7. The zero-order valence-electron chi connectivity index (χ0n) is 13.1. The molecule has 2 aliphatic rings. The topological polar surface area (TPSA) is 64.3 Å². The number of amides is 1. The minimum Gasteiger partial charge on any atom is -0.377 e. The molecular weight excluding hydrogens is 283 g/mol. The van der Waals surface area contributed by atoms with Crippen molar-refractivity contribution in [3.05, 3.63) is 35.6 Å². The summed E-state index contributed by atoms with van der Waals surface area (Å²) in [5.41, 5.74) is 6.08. The van der Waals surface area contributed by atoms with Crippen LogP contribution in [0.3, 0.4) is 0 Å². The fourth-order valence-corrected chi connectivity index (χ4v) is 3.97. The highest BCUT2D eigenvalue weighted by Crippen LogP contribution is 2.57. The number of rotatable bonds is 3. The van der Waals surface area contributed by atoms with Crippen molar-refractivity contribution < 1.29 is 13.9 Å². The first-order chi connectivity index (χ1) is 10.4. The molecule has 1 amide bonds. The van der Waals surface area contributed by atoms with Gasteiger partial charge in [0.25, 0.3) is 0 Å². The molecule has 0 radical (unpaired) electrons. The SMILES string of the molecule is CC1(C)C2OCCCC2C1(N)C(=O)NCc1ccc(F)cc1. The van der Waals surface area contributed by atoms with E-state index in [-0.39, 0.29) is 29.2 Å². The molecule has 2 fully saturated rings. The molecule has 4 nitrogen and oxygen atoms in total. The quantitative estimate of drug-likeness (QED) is 0.897. The number of hydrogen-bond acceptors (Lipinski definition) is 3. The second kappa shape index (κ2) is 5.32. The second-order valence-corrected chi connectivity index (χ2v) is 6.94. The fraction of sp³-hybridized carbons (Fsp3) is 0.588. The number of ether oxygens (including phenoxy) is 1. The van der Waals surface area contributed by atoms with Gasteiger partial charge in [0.05, 0.1) is 6.10 Å². The third-order valence-electron chi connectivity index (χ3n) is 5.43. The van der Waals surface area contributed by atoms with Gasteiger partial charge in [-0.1, -0.05) is 26.0 Å². The molecule has 1 saturated carbocycles. The van der Waals surface area contributed by atoms with Crippen molar-refractivity contribution in [2.45, 2.75) is 44.9 Å². The van der Waals surface area contributed by atoms with E-state index in [1.165, 1.54) is 12.1 Å². The van der Waals surface area contributed by atoms with Crippen LogP contribution in [0.25, 0.3) is 0 Å².